The largest absolute Gasteiger partial charge is 0.496 e. The third-order valence-corrected chi connectivity index (χ3v) is 3.68. The van der Waals surface area contributed by atoms with Gasteiger partial charge in [0.2, 0.25) is 0 Å². The van der Waals surface area contributed by atoms with E-state index < -0.39 is 0 Å². The van der Waals surface area contributed by atoms with E-state index in [0.717, 1.165) is 11.3 Å². The summed E-state index contributed by atoms with van der Waals surface area (Å²) < 4.78 is 5.29. The highest BCUT2D eigenvalue weighted by atomic mass is 127. The van der Waals surface area contributed by atoms with Crippen LogP contribution >= 0.6 is 35.6 Å². The molecule has 0 saturated heterocycles. The van der Waals surface area contributed by atoms with Gasteiger partial charge in [-0.05, 0) is 49.2 Å². The zero-order valence-corrected chi connectivity index (χ0v) is 16.5. The van der Waals surface area contributed by atoms with Crippen LogP contribution in [0.4, 0.5) is 5.69 Å². The van der Waals surface area contributed by atoms with Crippen molar-refractivity contribution in [2.75, 3.05) is 12.4 Å². The zero-order chi connectivity index (χ0) is 16.1. The van der Waals surface area contributed by atoms with Crippen LogP contribution in [-0.2, 0) is 6.54 Å². The Morgan fingerprint density at radius 2 is 1.91 bits per heavy atom. The molecule has 6 heteroatoms. The molecule has 2 aromatic rings. The maximum absolute atomic E-state index is 5.94. The van der Waals surface area contributed by atoms with Crippen LogP contribution in [0.5, 0.6) is 5.75 Å². The van der Waals surface area contributed by atoms with E-state index in [2.05, 4.69) is 24.2 Å². The lowest BCUT2D eigenvalue weighted by molar-refractivity contribution is 0.410. The molecule has 0 aliphatic heterocycles. The second-order valence-electron chi connectivity index (χ2n) is 5.08. The van der Waals surface area contributed by atoms with E-state index in [0.29, 0.717) is 23.3 Å². The highest BCUT2D eigenvalue weighted by molar-refractivity contribution is 14.0. The third-order valence-electron chi connectivity index (χ3n) is 3.45. The molecular formula is C17H21ClIN3O. The van der Waals surface area contributed by atoms with Gasteiger partial charge in [0.1, 0.15) is 5.75 Å². The molecule has 0 aliphatic carbocycles. The summed E-state index contributed by atoms with van der Waals surface area (Å²) in [4.78, 5) is 4.34. The van der Waals surface area contributed by atoms with Gasteiger partial charge in [0.15, 0.2) is 5.96 Å². The summed E-state index contributed by atoms with van der Waals surface area (Å²) in [6.07, 6.45) is 0. The molecule has 23 heavy (non-hydrogen) atoms. The quantitative estimate of drug-likeness (QED) is 0.413. The van der Waals surface area contributed by atoms with E-state index in [1.54, 1.807) is 13.2 Å². The molecule has 124 valence electrons. The Labute approximate surface area is 159 Å². The molecule has 3 N–H and O–H groups in total. The SMILES string of the molecule is COc1cc(Cl)ccc1CN=C(N)Nc1ccc(C)c(C)c1.I. The van der Waals surface area contributed by atoms with Gasteiger partial charge >= 0.3 is 0 Å². The van der Waals surface area contributed by atoms with Crippen molar-refractivity contribution in [2.45, 2.75) is 20.4 Å². The lowest BCUT2D eigenvalue weighted by atomic mass is 10.1. The van der Waals surface area contributed by atoms with Crippen LogP contribution in [0.3, 0.4) is 0 Å². The third kappa shape index (κ3) is 5.58. The molecule has 0 heterocycles. The fourth-order valence-corrected chi connectivity index (χ4v) is 2.19. The Balaban J connectivity index is 0.00000264. The summed E-state index contributed by atoms with van der Waals surface area (Å²) >= 11 is 5.94. The number of rotatable bonds is 4. The number of aryl methyl sites for hydroxylation is 2. The monoisotopic (exact) mass is 445 g/mol. The first-order valence-corrected chi connectivity index (χ1v) is 7.34. The number of hydrogen-bond acceptors (Lipinski definition) is 2. The lowest BCUT2D eigenvalue weighted by Crippen LogP contribution is -2.22. The van der Waals surface area contributed by atoms with Crippen LogP contribution in [0, 0.1) is 13.8 Å². The van der Waals surface area contributed by atoms with Crippen LogP contribution in [0.15, 0.2) is 41.4 Å². The Morgan fingerprint density at radius 3 is 2.57 bits per heavy atom. The van der Waals surface area contributed by atoms with Crippen LogP contribution in [0.25, 0.3) is 0 Å². The fraction of sp³-hybridized carbons (Fsp3) is 0.235. The topological polar surface area (TPSA) is 59.6 Å². The van der Waals surface area contributed by atoms with Gasteiger partial charge in [0.25, 0.3) is 0 Å². The van der Waals surface area contributed by atoms with Crippen LogP contribution < -0.4 is 15.8 Å². The molecule has 0 atom stereocenters. The summed E-state index contributed by atoms with van der Waals surface area (Å²) in [5, 5.41) is 3.72. The van der Waals surface area contributed by atoms with Gasteiger partial charge < -0.3 is 15.8 Å². The number of hydrogen-bond donors (Lipinski definition) is 2. The van der Waals surface area contributed by atoms with Crippen LogP contribution in [0.2, 0.25) is 5.02 Å². The highest BCUT2D eigenvalue weighted by Gasteiger charge is 2.04. The van der Waals surface area contributed by atoms with E-state index in [9.17, 15) is 0 Å². The van der Waals surface area contributed by atoms with Gasteiger partial charge in [-0.15, -0.1) is 24.0 Å². The average molecular weight is 446 g/mol. The van der Waals surface area contributed by atoms with Crippen molar-refractivity contribution >= 4 is 47.2 Å². The van der Waals surface area contributed by atoms with Crippen molar-refractivity contribution in [3.8, 4) is 5.75 Å². The molecule has 2 rings (SSSR count). The molecule has 4 nitrogen and oxygen atoms in total. The van der Waals surface area contributed by atoms with E-state index in [1.807, 2.05) is 30.3 Å². The van der Waals surface area contributed by atoms with Gasteiger partial charge in [-0.25, -0.2) is 4.99 Å². The average Bonchev–Trinajstić information content (AvgIpc) is 2.49. The predicted octanol–water partition coefficient (Wildman–Crippen LogP) is 4.51. The van der Waals surface area contributed by atoms with Crippen molar-refractivity contribution in [3.63, 3.8) is 0 Å². The Bertz CT molecular complexity index is 704. The second-order valence-corrected chi connectivity index (χ2v) is 5.52. The standard InChI is InChI=1S/C17H20ClN3O.HI/c1-11-4-7-15(8-12(11)2)21-17(19)20-10-13-5-6-14(18)9-16(13)22-3;/h4-9H,10H2,1-3H3,(H3,19,20,21);1H. The molecule has 0 aromatic heterocycles. The summed E-state index contributed by atoms with van der Waals surface area (Å²) in [6, 6.07) is 11.5. The van der Waals surface area contributed by atoms with Crippen LogP contribution in [0.1, 0.15) is 16.7 Å². The number of aliphatic imine (C=N–C) groups is 1. The first kappa shape index (κ1) is 19.6. The summed E-state index contributed by atoms with van der Waals surface area (Å²) in [5.74, 6) is 1.07. The molecule has 0 saturated carbocycles. The highest BCUT2D eigenvalue weighted by Crippen LogP contribution is 2.23. The molecule has 0 unspecified atom stereocenters. The minimum Gasteiger partial charge on any atom is -0.496 e. The Morgan fingerprint density at radius 1 is 1.17 bits per heavy atom. The smallest absolute Gasteiger partial charge is 0.193 e. The van der Waals surface area contributed by atoms with Crippen molar-refractivity contribution < 1.29 is 4.74 Å². The fourth-order valence-electron chi connectivity index (χ4n) is 2.03. The minimum absolute atomic E-state index is 0. The van der Waals surface area contributed by atoms with Crippen LogP contribution in [-0.4, -0.2) is 13.1 Å². The molecule has 0 fully saturated rings. The number of benzene rings is 2. The first-order chi connectivity index (χ1) is 10.5. The molecule has 0 amide bonds. The van der Waals surface area contributed by atoms with E-state index >= 15 is 0 Å². The minimum atomic E-state index is 0. The lowest BCUT2D eigenvalue weighted by Gasteiger charge is -2.09. The number of halogens is 2. The summed E-state index contributed by atoms with van der Waals surface area (Å²) in [6.45, 7) is 4.56. The zero-order valence-electron chi connectivity index (χ0n) is 13.4. The number of ether oxygens (including phenoxy) is 1. The van der Waals surface area contributed by atoms with Gasteiger partial charge in [-0.2, -0.15) is 0 Å². The predicted molar refractivity (Wildman–Crippen MR) is 108 cm³/mol. The van der Waals surface area contributed by atoms with Crippen molar-refractivity contribution in [2.24, 2.45) is 10.7 Å². The number of nitrogens with zero attached hydrogens (tertiary/aromatic N) is 1. The van der Waals surface area contributed by atoms with Gasteiger partial charge in [-0.1, -0.05) is 23.7 Å². The normalized spacial score (nSPS) is 10.9. The molecule has 2 aromatic carbocycles. The molecule has 0 aliphatic rings. The maximum atomic E-state index is 5.94. The molecule has 0 bridgehead atoms. The van der Waals surface area contributed by atoms with Gasteiger partial charge in [0.05, 0.1) is 13.7 Å². The van der Waals surface area contributed by atoms with Crippen molar-refractivity contribution in [1.29, 1.82) is 0 Å². The summed E-state index contributed by atoms with van der Waals surface area (Å²) in [5.41, 5.74) is 10.2. The van der Waals surface area contributed by atoms with Crippen molar-refractivity contribution in [1.82, 2.24) is 0 Å². The second kappa shape index (κ2) is 8.98. The Kier molecular flexibility index (Phi) is 7.64. The molecule has 0 spiro atoms. The van der Waals surface area contributed by atoms with E-state index in [1.165, 1.54) is 11.1 Å². The van der Waals surface area contributed by atoms with Gasteiger partial charge in [-0.3, -0.25) is 0 Å². The number of nitrogens with one attached hydrogen (secondary N) is 1. The number of anilines is 1. The Hall–Kier alpha value is -1.47. The summed E-state index contributed by atoms with van der Waals surface area (Å²) in [7, 11) is 1.61. The maximum Gasteiger partial charge on any atom is 0.193 e. The van der Waals surface area contributed by atoms with E-state index in [-0.39, 0.29) is 24.0 Å². The van der Waals surface area contributed by atoms with E-state index in [4.69, 9.17) is 22.1 Å². The first-order valence-electron chi connectivity index (χ1n) is 6.96. The molecular weight excluding hydrogens is 425 g/mol. The van der Waals surface area contributed by atoms with Gasteiger partial charge in [0, 0.05) is 16.3 Å². The van der Waals surface area contributed by atoms with Crippen molar-refractivity contribution in [3.05, 3.63) is 58.1 Å². The number of methoxy groups -OCH3 is 1. The number of nitrogens with two attached hydrogens (primary N) is 1. The molecule has 0 radical (unpaired) electrons. The number of guanidine groups is 1.